The van der Waals surface area contributed by atoms with Gasteiger partial charge in [-0.25, -0.2) is 4.99 Å². The summed E-state index contributed by atoms with van der Waals surface area (Å²) in [6.07, 6.45) is 0.155. The molecule has 6 nitrogen and oxygen atoms in total. The monoisotopic (exact) mass is 560 g/mol. The third-order valence-electron chi connectivity index (χ3n) is 5.38. The van der Waals surface area contributed by atoms with E-state index in [1.165, 1.54) is 0 Å². The second-order valence-corrected chi connectivity index (χ2v) is 10.7. The van der Waals surface area contributed by atoms with Crippen LogP contribution in [-0.2, 0) is 11.3 Å². The van der Waals surface area contributed by atoms with E-state index in [0.29, 0.717) is 19.6 Å². The first-order chi connectivity index (χ1) is 14.3. The van der Waals surface area contributed by atoms with Gasteiger partial charge in [0.05, 0.1) is 18.8 Å². The van der Waals surface area contributed by atoms with Gasteiger partial charge < -0.3 is 19.9 Å². The number of nitrogens with one attached hydrogen (secondary N) is 1. The molecule has 2 heterocycles. The molecule has 1 N–H and O–H groups in total. The number of guanidine groups is 1. The molecule has 2 aliphatic rings. The lowest BCUT2D eigenvalue weighted by atomic mass is 10.1. The van der Waals surface area contributed by atoms with Crippen molar-refractivity contribution in [2.24, 2.45) is 4.99 Å². The fourth-order valence-electron chi connectivity index (χ4n) is 4.07. The van der Waals surface area contributed by atoms with Gasteiger partial charge in [-0.15, -0.1) is 24.0 Å². The number of nitrogens with zero attached hydrogens (tertiary/aromatic N) is 3. The highest BCUT2D eigenvalue weighted by atomic mass is 127. The van der Waals surface area contributed by atoms with Crippen LogP contribution in [0.1, 0.15) is 50.5 Å². The predicted molar refractivity (Wildman–Crippen MR) is 141 cm³/mol. The van der Waals surface area contributed by atoms with Crippen molar-refractivity contribution in [3.63, 3.8) is 0 Å². The van der Waals surface area contributed by atoms with E-state index >= 15 is 0 Å². The zero-order valence-corrected chi connectivity index (χ0v) is 22.5. The molecule has 8 heteroatoms. The zero-order valence-electron chi connectivity index (χ0n) is 19.4. The molecular weight excluding hydrogens is 523 g/mol. The number of hydrogen-bond donors (Lipinski definition) is 1. The quantitative estimate of drug-likeness (QED) is 0.345. The Bertz CT molecular complexity index is 746. The zero-order chi connectivity index (χ0) is 21.7. The predicted octanol–water partition coefficient (Wildman–Crippen LogP) is 3.85. The van der Waals surface area contributed by atoms with Gasteiger partial charge >= 0.3 is 0 Å². The van der Waals surface area contributed by atoms with Crippen LogP contribution in [0.5, 0.6) is 0 Å². The number of hydrogen-bond acceptors (Lipinski definition) is 4. The Morgan fingerprint density at radius 1 is 1.19 bits per heavy atom. The summed E-state index contributed by atoms with van der Waals surface area (Å²) in [5.41, 5.74) is 1.84. The third-order valence-corrected chi connectivity index (χ3v) is 6.68. The van der Waals surface area contributed by atoms with Gasteiger partial charge in [0.2, 0.25) is 0 Å². The molecule has 2 unspecified atom stereocenters. The van der Waals surface area contributed by atoms with E-state index in [0.717, 1.165) is 42.5 Å². The minimum atomic E-state index is 0. The van der Waals surface area contributed by atoms with E-state index in [-0.39, 0.29) is 46.8 Å². The Labute approximate surface area is 208 Å². The van der Waals surface area contributed by atoms with Gasteiger partial charge in [0.1, 0.15) is 0 Å². The number of aliphatic imine (C=N–C) groups is 1. The van der Waals surface area contributed by atoms with Crippen LogP contribution in [0.25, 0.3) is 0 Å². The largest absolute Gasteiger partial charge is 0.372 e. The number of thioether (sulfide) groups is 1. The van der Waals surface area contributed by atoms with E-state index in [2.05, 4.69) is 31.0 Å². The maximum absolute atomic E-state index is 12.8. The molecule has 2 fully saturated rings. The molecule has 0 spiro atoms. The fraction of sp³-hybridized carbons (Fsp3) is 0.652. The van der Waals surface area contributed by atoms with Crippen molar-refractivity contribution in [1.29, 1.82) is 0 Å². The highest BCUT2D eigenvalue weighted by molar-refractivity contribution is 14.0. The molecule has 0 aromatic heterocycles. The van der Waals surface area contributed by atoms with Crippen molar-refractivity contribution in [2.45, 2.75) is 58.1 Å². The van der Waals surface area contributed by atoms with Gasteiger partial charge in [0, 0.05) is 48.8 Å². The molecule has 3 rings (SSSR count). The molecule has 0 radical (unpaired) electrons. The number of benzene rings is 1. The first-order valence-corrected chi connectivity index (χ1v) is 12.0. The summed E-state index contributed by atoms with van der Waals surface area (Å²) in [4.78, 5) is 22.0. The summed E-state index contributed by atoms with van der Waals surface area (Å²) >= 11 is 2.02. The molecule has 0 saturated carbocycles. The van der Waals surface area contributed by atoms with Crippen LogP contribution in [0, 0.1) is 0 Å². The van der Waals surface area contributed by atoms with Crippen LogP contribution >= 0.6 is 35.7 Å². The molecule has 0 bridgehead atoms. The smallest absolute Gasteiger partial charge is 0.254 e. The summed E-state index contributed by atoms with van der Waals surface area (Å²) in [5.74, 6) is 2.17. The Balaban J connectivity index is 0.00000341. The number of rotatable bonds is 4. The molecule has 1 amide bonds. The van der Waals surface area contributed by atoms with Crippen molar-refractivity contribution < 1.29 is 9.53 Å². The molecule has 2 atom stereocenters. The number of carbonyl (C=O) groups excluding carboxylic acids is 1. The van der Waals surface area contributed by atoms with Crippen LogP contribution in [0.4, 0.5) is 0 Å². The molecule has 174 valence electrons. The second-order valence-electron chi connectivity index (χ2n) is 8.86. The normalized spacial score (nSPS) is 23.8. The lowest BCUT2D eigenvalue weighted by molar-refractivity contribution is -0.0586. The molecule has 31 heavy (non-hydrogen) atoms. The summed E-state index contributed by atoms with van der Waals surface area (Å²) in [6, 6.07) is 7.88. The summed E-state index contributed by atoms with van der Waals surface area (Å²) in [6.45, 7) is 15.5. The van der Waals surface area contributed by atoms with Gasteiger partial charge in [-0.2, -0.15) is 11.8 Å². The number of ether oxygens (including phenoxy) is 1. The summed E-state index contributed by atoms with van der Waals surface area (Å²) < 4.78 is 5.98. The Kier molecular flexibility index (Phi) is 9.95. The number of carbonyl (C=O) groups is 1. The molecule has 2 saturated heterocycles. The van der Waals surface area contributed by atoms with Crippen LogP contribution in [-0.4, -0.2) is 77.1 Å². The van der Waals surface area contributed by atoms with E-state index in [1.54, 1.807) is 0 Å². The van der Waals surface area contributed by atoms with Gasteiger partial charge in [-0.05, 0) is 52.3 Å². The van der Waals surface area contributed by atoms with Crippen LogP contribution in [0.3, 0.4) is 0 Å². The lowest BCUT2D eigenvalue weighted by Crippen LogP contribution is -2.50. The number of morpholine rings is 1. The molecule has 0 aliphatic carbocycles. The third kappa shape index (κ3) is 7.53. The fourth-order valence-corrected chi connectivity index (χ4v) is 5.18. The van der Waals surface area contributed by atoms with E-state index in [9.17, 15) is 4.79 Å². The minimum absolute atomic E-state index is 0. The van der Waals surface area contributed by atoms with Crippen molar-refractivity contribution in [2.75, 3.05) is 38.5 Å². The maximum Gasteiger partial charge on any atom is 0.254 e. The molecular formula is C23H37IN4O2S. The Morgan fingerprint density at radius 2 is 1.84 bits per heavy atom. The van der Waals surface area contributed by atoms with Crippen LogP contribution in [0.15, 0.2) is 29.3 Å². The van der Waals surface area contributed by atoms with Gasteiger partial charge in [-0.3, -0.25) is 4.79 Å². The standard InChI is InChI=1S/C23H36N4O2S.HI/c1-6-24-22(26-11-12-30-23(4,5)16-26)25-13-19-7-9-20(10-8-19)21(28)27-14-17(2)29-18(3)15-27;/h7-10,17-18H,6,11-16H2,1-5H3,(H,24,25);1H. The Hall–Kier alpha value is -1.00. The average molecular weight is 561 g/mol. The van der Waals surface area contributed by atoms with Crippen molar-refractivity contribution in [3.05, 3.63) is 35.4 Å². The van der Waals surface area contributed by atoms with Crippen molar-refractivity contribution >= 4 is 47.6 Å². The van der Waals surface area contributed by atoms with Crippen molar-refractivity contribution in [3.8, 4) is 0 Å². The molecule has 1 aromatic carbocycles. The first kappa shape index (κ1) is 26.3. The lowest BCUT2D eigenvalue weighted by Gasteiger charge is -2.39. The highest BCUT2D eigenvalue weighted by Crippen LogP contribution is 2.29. The topological polar surface area (TPSA) is 57.2 Å². The van der Waals surface area contributed by atoms with E-state index < -0.39 is 0 Å². The Morgan fingerprint density at radius 3 is 2.42 bits per heavy atom. The van der Waals surface area contributed by atoms with E-state index in [4.69, 9.17) is 9.73 Å². The summed E-state index contributed by atoms with van der Waals surface area (Å²) in [7, 11) is 0. The van der Waals surface area contributed by atoms with Gasteiger partial charge in [-0.1, -0.05) is 12.1 Å². The molecule has 2 aliphatic heterocycles. The first-order valence-electron chi connectivity index (χ1n) is 11.0. The average Bonchev–Trinajstić information content (AvgIpc) is 2.69. The second kappa shape index (κ2) is 11.7. The summed E-state index contributed by atoms with van der Waals surface area (Å²) in [5, 5.41) is 3.44. The number of amides is 1. The SMILES string of the molecule is CCNC(=NCc1ccc(C(=O)N2CC(C)OC(C)C2)cc1)N1CCSC(C)(C)C1.I. The van der Waals surface area contributed by atoms with E-state index in [1.807, 2.05) is 54.8 Å². The molecule has 1 aromatic rings. The van der Waals surface area contributed by atoms with Gasteiger partial charge in [0.15, 0.2) is 5.96 Å². The number of halogens is 1. The highest BCUT2D eigenvalue weighted by Gasteiger charge is 2.29. The van der Waals surface area contributed by atoms with Crippen molar-refractivity contribution in [1.82, 2.24) is 15.1 Å². The van der Waals surface area contributed by atoms with Gasteiger partial charge in [0.25, 0.3) is 5.91 Å². The minimum Gasteiger partial charge on any atom is -0.372 e. The van der Waals surface area contributed by atoms with Crippen LogP contribution in [0.2, 0.25) is 0 Å². The van der Waals surface area contributed by atoms with Crippen LogP contribution < -0.4 is 5.32 Å². The maximum atomic E-state index is 12.8.